The van der Waals surface area contributed by atoms with E-state index in [4.69, 9.17) is 10.00 Å². The molecule has 2 nitrogen and oxygen atoms in total. The Morgan fingerprint density at radius 2 is 2.67 bits per heavy atom. The summed E-state index contributed by atoms with van der Waals surface area (Å²) in [6, 6.07) is 2.13. The highest BCUT2D eigenvalue weighted by Gasteiger charge is 2.42. The van der Waals surface area contributed by atoms with E-state index in [9.17, 15) is 0 Å². The Kier molecular flexibility index (Phi) is 0.762. The lowest BCUT2D eigenvalue weighted by Crippen LogP contribution is -2.19. The minimum absolute atomic E-state index is 0.115. The Morgan fingerprint density at radius 3 is 2.89 bits per heavy atom. The van der Waals surface area contributed by atoms with E-state index in [-0.39, 0.29) is 6.10 Å². The molecule has 0 amide bonds. The molecule has 2 unspecified atom stereocenters. The molecule has 0 aliphatic carbocycles. The van der Waals surface area contributed by atoms with Crippen molar-refractivity contribution in [1.29, 1.82) is 5.26 Å². The topological polar surface area (TPSA) is 33.0 Å². The molecule has 2 heterocycles. The highest BCUT2D eigenvalue weighted by atomic mass is 16.5. The molecule has 2 aliphatic rings. The number of hydrogen-bond donors (Lipinski definition) is 0. The van der Waals surface area contributed by atoms with Gasteiger partial charge in [-0.1, -0.05) is 6.08 Å². The van der Waals surface area contributed by atoms with Gasteiger partial charge in [0.25, 0.3) is 0 Å². The van der Waals surface area contributed by atoms with Crippen LogP contribution in [0.2, 0.25) is 0 Å². The van der Waals surface area contributed by atoms with Crippen LogP contribution in [0, 0.1) is 17.8 Å². The summed E-state index contributed by atoms with van der Waals surface area (Å²) in [4.78, 5) is 0. The Morgan fingerprint density at radius 1 is 1.78 bits per heavy atom. The van der Waals surface area contributed by atoms with Crippen molar-refractivity contribution in [2.24, 2.45) is 0 Å². The summed E-state index contributed by atoms with van der Waals surface area (Å²) in [6.45, 7) is 0. The van der Waals surface area contributed by atoms with Gasteiger partial charge < -0.3 is 4.74 Å². The van der Waals surface area contributed by atoms with Gasteiger partial charge in [-0.25, -0.2) is 0 Å². The van der Waals surface area contributed by atoms with Gasteiger partial charge in [-0.2, -0.15) is 5.26 Å². The van der Waals surface area contributed by atoms with Crippen molar-refractivity contribution >= 4 is 0 Å². The van der Waals surface area contributed by atoms with Gasteiger partial charge in [0.2, 0.25) is 0 Å². The van der Waals surface area contributed by atoms with Crippen LogP contribution in [0.3, 0.4) is 0 Å². The van der Waals surface area contributed by atoms with Gasteiger partial charge in [0, 0.05) is 0 Å². The molecular weight excluding hydrogens is 114 g/mol. The van der Waals surface area contributed by atoms with Crippen LogP contribution < -0.4 is 0 Å². The molecular formula is C7H6NO. The maximum absolute atomic E-state index is 8.60. The van der Waals surface area contributed by atoms with E-state index in [0.717, 1.165) is 6.42 Å². The Bertz CT molecular complexity index is 203. The van der Waals surface area contributed by atoms with Crippen LogP contribution in [0.5, 0.6) is 0 Å². The molecule has 2 atom stereocenters. The fourth-order valence-electron chi connectivity index (χ4n) is 1.22. The molecule has 45 valence electrons. The zero-order valence-corrected chi connectivity index (χ0v) is 4.87. The van der Waals surface area contributed by atoms with Crippen LogP contribution in [0.1, 0.15) is 6.42 Å². The summed E-state index contributed by atoms with van der Waals surface area (Å²) < 4.78 is 5.28. The van der Waals surface area contributed by atoms with Crippen LogP contribution in [0.4, 0.5) is 0 Å². The van der Waals surface area contributed by atoms with Crippen LogP contribution in [-0.4, -0.2) is 11.7 Å². The molecule has 0 N–H and O–H groups in total. The maximum Gasteiger partial charge on any atom is 0.174 e. The summed E-state index contributed by atoms with van der Waals surface area (Å²) in [7, 11) is 0. The second kappa shape index (κ2) is 1.37. The fourth-order valence-corrected chi connectivity index (χ4v) is 1.22. The summed E-state index contributed by atoms with van der Waals surface area (Å²) >= 11 is 0. The molecule has 2 bridgehead atoms. The highest BCUT2D eigenvalue weighted by Crippen LogP contribution is 2.36. The van der Waals surface area contributed by atoms with E-state index in [1.807, 2.05) is 18.6 Å². The molecule has 0 aromatic rings. The van der Waals surface area contributed by atoms with E-state index in [1.165, 1.54) is 0 Å². The molecule has 0 aromatic heterocycles. The van der Waals surface area contributed by atoms with E-state index in [0.29, 0.717) is 0 Å². The van der Waals surface area contributed by atoms with Gasteiger partial charge in [0.1, 0.15) is 6.07 Å². The second-order valence-electron chi connectivity index (χ2n) is 2.38. The average molecular weight is 120 g/mol. The summed E-state index contributed by atoms with van der Waals surface area (Å²) in [5, 5.41) is 8.60. The predicted octanol–water partition coefficient (Wildman–Crippen LogP) is 0.812. The third-order valence-electron chi connectivity index (χ3n) is 1.74. The van der Waals surface area contributed by atoms with Crippen molar-refractivity contribution in [3.63, 3.8) is 0 Å². The van der Waals surface area contributed by atoms with Crippen LogP contribution in [0.15, 0.2) is 12.2 Å². The predicted molar refractivity (Wildman–Crippen MR) is 31.3 cm³/mol. The Hall–Kier alpha value is -0.810. The van der Waals surface area contributed by atoms with Crippen molar-refractivity contribution in [2.75, 3.05) is 0 Å². The minimum Gasteiger partial charge on any atom is -0.349 e. The fraction of sp³-hybridized carbons (Fsp3) is 0.429. The van der Waals surface area contributed by atoms with Crippen molar-refractivity contribution < 1.29 is 4.74 Å². The smallest absolute Gasteiger partial charge is 0.174 e. The second-order valence-corrected chi connectivity index (χ2v) is 2.38. The minimum atomic E-state index is -0.579. The zero-order valence-electron chi connectivity index (χ0n) is 4.87. The first-order valence-corrected chi connectivity index (χ1v) is 2.96. The molecule has 0 spiro atoms. The van der Waals surface area contributed by atoms with Crippen molar-refractivity contribution in [1.82, 2.24) is 0 Å². The third kappa shape index (κ3) is 0.526. The SMILES string of the molecule is N#CC12C=CC([CH]C1)O2. The Labute approximate surface area is 53.7 Å². The molecule has 2 rings (SSSR count). The van der Waals surface area contributed by atoms with Gasteiger partial charge in [-0.05, 0) is 18.9 Å². The van der Waals surface area contributed by atoms with E-state index in [1.54, 1.807) is 0 Å². The number of fused-ring (bicyclic) bond motifs is 2. The van der Waals surface area contributed by atoms with E-state index >= 15 is 0 Å². The first-order valence-electron chi connectivity index (χ1n) is 2.96. The quantitative estimate of drug-likeness (QED) is 0.443. The molecule has 0 aromatic carbocycles. The lowest BCUT2D eigenvalue weighted by Gasteiger charge is -2.09. The lowest BCUT2D eigenvalue weighted by molar-refractivity contribution is 0.0771. The standard InChI is InChI=1S/C7H6NO/c8-5-7-3-1-6(9-7)2-4-7/h1-3,6H,4H2. The molecule has 2 heteroatoms. The van der Waals surface area contributed by atoms with Gasteiger partial charge in [-0.3, -0.25) is 0 Å². The average Bonchev–Trinajstić information content (AvgIpc) is 2.46. The molecule has 1 radical (unpaired) electrons. The molecule has 2 aliphatic heterocycles. The zero-order chi connectivity index (χ0) is 6.32. The van der Waals surface area contributed by atoms with Crippen molar-refractivity contribution in [3.05, 3.63) is 18.6 Å². The third-order valence-corrected chi connectivity index (χ3v) is 1.74. The van der Waals surface area contributed by atoms with Crippen molar-refractivity contribution in [3.8, 4) is 6.07 Å². The van der Waals surface area contributed by atoms with E-state index in [2.05, 4.69) is 6.07 Å². The summed E-state index contributed by atoms with van der Waals surface area (Å²) in [5.74, 6) is 0. The first-order chi connectivity index (χ1) is 4.35. The maximum atomic E-state index is 8.60. The first kappa shape index (κ1) is 5.01. The number of nitriles is 1. The van der Waals surface area contributed by atoms with Crippen molar-refractivity contribution in [2.45, 2.75) is 18.1 Å². The largest absolute Gasteiger partial charge is 0.349 e. The lowest BCUT2D eigenvalue weighted by atomic mass is 9.97. The molecule has 0 saturated carbocycles. The number of rotatable bonds is 0. The van der Waals surface area contributed by atoms with Crippen LogP contribution in [0.25, 0.3) is 0 Å². The molecule has 9 heavy (non-hydrogen) atoms. The number of ether oxygens (including phenoxy) is 1. The number of hydrogen-bond acceptors (Lipinski definition) is 2. The Balaban J connectivity index is 2.36. The van der Waals surface area contributed by atoms with Gasteiger partial charge >= 0.3 is 0 Å². The highest BCUT2D eigenvalue weighted by molar-refractivity contribution is 5.30. The summed E-state index contributed by atoms with van der Waals surface area (Å²) in [6.07, 6.45) is 6.66. The van der Waals surface area contributed by atoms with Gasteiger partial charge in [-0.15, -0.1) is 0 Å². The number of nitrogens with zero attached hydrogens (tertiary/aromatic N) is 1. The monoisotopic (exact) mass is 120 g/mol. The summed E-state index contributed by atoms with van der Waals surface area (Å²) in [5.41, 5.74) is -0.579. The van der Waals surface area contributed by atoms with Crippen LogP contribution >= 0.6 is 0 Å². The van der Waals surface area contributed by atoms with Gasteiger partial charge in [0.15, 0.2) is 5.60 Å². The van der Waals surface area contributed by atoms with Crippen LogP contribution in [-0.2, 0) is 4.74 Å². The normalized spacial score (nSPS) is 45.4. The van der Waals surface area contributed by atoms with E-state index < -0.39 is 5.60 Å². The van der Waals surface area contributed by atoms with Gasteiger partial charge in [0.05, 0.1) is 6.10 Å². The molecule has 1 saturated heterocycles. The molecule has 1 fully saturated rings.